The molecule has 0 atom stereocenters. The van der Waals surface area contributed by atoms with Gasteiger partial charge >= 0.3 is 0 Å². The molecule has 6 heteroatoms. The van der Waals surface area contributed by atoms with E-state index < -0.39 is 0 Å². The zero-order valence-electron chi connectivity index (χ0n) is 7.12. The molecule has 3 aromatic rings. The SMILES string of the molecule is Nc1nc2nncn2c2ncccc12. The van der Waals surface area contributed by atoms with Gasteiger partial charge < -0.3 is 5.73 Å². The number of anilines is 1. The summed E-state index contributed by atoms with van der Waals surface area (Å²) in [5.41, 5.74) is 6.47. The molecule has 0 aliphatic carbocycles. The monoisotopic (exact) mass is 186 g/mol. The number of nitrogen functional groups attached to an aromatic ring is 1. The number of pyridine rings is 1. The number of rotatable bonds is 0. The van der Waals surface area contributed by atoms with E-state index in [0.29, 0.717) is 11.6 Å². The fourth-order valence-electron chi connectivity index (χ4n) is 1.41. The molecule has 3 aromatic heterocycles. The van der Waals surface area contributed by atoms with Gasteiger partial charge in [0, 0.05) is 6.20 Å². The minimum absolute atomic E-state index is 0.425. The van der Waals surface area contributed by atoms with Crippen molar-refractivity contribution in [3.63, 3.8) is 0 Å². The quantitative estimate of drug-likeness (QED) is 0.544. The van der Waals surface area contributed by atoms with E-state index in [0.717, 1.165) is 11.0 Å². The van der Waals surface area contributed by atoms with Crippen molar-refractivity contribution in [3.8, 4) is 0 Å². The highest BCUT2D eigenvalue weighted by molar-refractivity contribution is 5.86. The second kappa shape index (κ2) is 2.38. The lowest BCUT2D eigenvalue weighted by molar-refractivity contribution is 1.10. The first kappa shape index (κ1) is 7.19. The van der Waals surface area contributed by atoms with E-state index in [9.17, 15) is 0 Å². The third-order valence-corrected chi connectivity index (χ3v) is 2.04. The third-order valence-electron chi connectivity index (χ3n) is 2.04. The number of nitrogens with two attached hydrogens (primary N) is 1. The molecule has 0 fully saturated rings. The smallest absolute Gasteiger partial charge is 0.258 e. The zero-order chi connectivity index (χ0) is 9.54. The first-order chi connectivity index (χ1) is 6.86. The average molecular weight is 186 g/mol. The van der Waals surface area contributed by atoms with Crippen LogP contribution in [0.15, 0.2) is 24.7 Å². The number of hydrogen-bond acceptors (Lipinski definition) is 5. The average Bonchev–Trinajstić information content (AvgIpc) is 2.66. The van der Waals surface area contributed by atoms with E-state index in [1.165, 1.54) is 0 Å². The van der Waals surface area contributed by atoms with Crippen LogP contribution in [0.5, 0.6) is 0 Å². The standard InChI is InChI=1S/C8H6N6/c9-6-5-2-1-3-10-7(5)14-4-11-13-8(14)12-6/h1-4H,(H2,9,12,13). The second-order valence-electron chi connectivity index (χ2n) is 2.87. The molecule has 3 heterocycles. The summed E-state index contributed by atoms with van der Waals surface area (Å²) in [4.78, 5) is 8.30. The second-order valence-corrected chi connectivity index (χ2v) is 2.87. The van der Waals surface area contributed by atoms with E-state index in [-0.39, 0.29) is 0 Å². The van der Waals surface area contributed by atoms with E-state index in [2.05, 4.69) is 20.2 Å². The maximum absolute atomic E-state index is 5.75. The van der Waals surface area contributed by atoms with Crippen LogP contribution in [0.1, 0.15) is 0 Å². The summed E-state index contributed by atoms with van der Waals surface area (Å²) in [5, 5.41) is 8.36. The molecule has 3 rings (SSSR count). The van der Waals surface area contributed by atoms with Gasteiger partial charge in [-0.1, -0.05) is 0 Å². The molecule has 0 aliphatic heterocycles. The molecule has 0 aromatic carbocycles. The van der Waals surface area contributed by atoms with Crippen molar-refractivity contribution >= 4 is 22.6 Å². The number of nitrogens with zero attached hydrogens (tertiary/aromatic N) is 5. The van der Waals surface area contributed by atoms with Crippen LogP contribution >= 0.6 is 0 Å². The Kier molecular flexibility index (Phi) is 1.22. The fraction of sp³-hybridized carbons (Fsp3) is 0. The van der Waals surface area contributed by atoms with E-state index in [1.54, 1.807) is 16.9 Å². The van der Waals surface area contributed by atoms with Gasteiger partial charge in [0.25, 0.3) is 5.78 Å². The molecule has 0 aliphatic rings. The van der Waals surface area contributed by atoms with Crippen LogP contribution in [0.2, 0.25) is 0 Å². The first-order valence-electron chi connectivity index (χ1n) is 4.06. The third kappa shape index (κ3) is 0.792. The van der Waals surface area contributed by atoms with Gasteiger partial charge in [-0.25, -0.2) is 9.38 Å². The summed E-state index contributed by atoms with van der Waals surface area (Å²) in [7, 11) is 0. The maximum atomic E-state index is 5.75. The minimum atomic E-state index is 0.425. The van der Waals surface area contributed by atoms with Gasteiger partial charge in [0.05, 0.1) is 5.39 Å². The van der Waals surface area contributed by atoms with Gasteiger partial charge in [0.1, 0.15) is 12.1 Å². The summed E-state index contributed by atoms with van der Waals surface area (Å²) in [6.07, 6.45) is 3.26. The highest BCUT2D eigenvalue weighted by Crippen LogP contribution is 2.16. The van der Waals surface area contributed by atoms with Crippen LogP contribution in [0.25, 0.3) is 16.8 Å². The Morgan fingerprint density at radius 3 is 3.21 bits per heavy atom. The Hall–Kier alpha value is -2.24. The Morgan fingerprint density at radius 1 is 1.36 bits per heavy atom. The van der Waals surface area contributed by atoms with Gasteiger partial charge in [-0.3, -0.25) is 0 Å². The summed E-state index contributed by atoms with van der Waals surface area (Å²) >= 11 is 0. The molecular weight excluding hydrogens is 180 g/mol. The molecule has 0 spiro atoms. The summed E-state index contributed by atoms with van der Waals surface area (Å²) in [6.45, 7) is 0. The van der Waals surface area contributed by atoms with Crippen LogP contribution in [-0.4, -0.2) is 24.6 Å². The first-order valence-corrected chi connectivity index (χ1v) is 4.06. The van der Waals surface area contributed by atoms with Crippen LogP contribution in [0, 0.1) is 0 Å². The summed E-state index contributed by atoms with van der Waals surface area (Å²) in [6, 6.07) is 3.68. The highest BCUT2D eigenvalue weighted by Gasteiger charge is 2.06. The number of aromatic nitrogens is 5. The lowest BCUT2D eigenvalue weighted by atomic mass is 10.3. The van der Waals surface area contributed by atoms with Gasteiger partial charge in [-0.05, 0) is 12.1 Å². The van der Waals surface area contributed by atoms with Gasteiger partial charge in [-0.15, -0.1) is 10.2 Å². The van der Waals surface area contributed by atoms with Crippen molar-refractivity contribution in [2.24, 2.45) is 0 Å². The summed E-state index contributed by atoms with van der Waals surface area (Å²) < 4.78 is 1.70. The molecule has 0 unspecified atom stereocenters. The lowest BCUT2D eigenvalue weighted by Crippen LogP contribution is -1.99. The molecular formula is C8H6N6. The summed E-state index contributed by atoms with van der Waals surface area (Å²) in [5.74, 6) is 0.891. The van der Waals surface area contributed by atoms with Crippen molar-refractivity contribution < 1.29 is 0 Å². The van der Waals surface area contributed by atoms with Crippen molar-refractivity contribution in [1.29, 1.82) is 0 Å². The highest BCUT2D eigenvalue weighted by atomic mass is 15.3. The normalized spacial score (nSPS) is 11.1. The van der Waals surface area contributed by atoms with Crippen LogP contribution in [0.4, 0.5) is 5.82 Å². The molecule has 0 amide bonds. The molecule has 0 saturated carbocycles. The van der Waals surface area contributed by atoms with Gasteiger partial charge in [-0.2, -0.15) is 4.98 Å². The predicted octanol–water partition coefficient (Wildman–Crippen LogP) is 0.255. The van der Waals surface area contributed by atoms with Crippen LogP contribution < -0.4 is 5.73 Å². The largest absolute Gasteiger partial charge is 0.383 e. The van der Waals surface area contributed by atoms with E-state index >= 15 is 0 Å². The van der Waals surface area contributed by atoms with E-state index in [1.807, 2.05) is 12.1 Å². The number of hydrogen-bond donors (Lipinski definition) is 1. The molecule has 6 nitrogen and oxygen atoms in total. The van der Waals surface area contributed by atoms with Crippen molar-refractivity contribution in [3.05, 3.63) is 24.7 Å². The Labute approximate surface area is 78.4 Å². The van der Waals surface area contributed by atoms with Crippen LogP contribution in [-0.2, 0) is 0 Å². The zero-order valence-corrected chi connectivity index (χ0v) is 7.12. The fourth-order valence-corrected chi connectivity index (χ4v) is 1.41. The van der Waals surface area contributed by atoms with Crippen molar-refractivity contribution in [2.45, 2.75) is 0 Å². The number of fused-ring (bicyclic) bond motifs is 3. The Bertz CT molecular complexity index is 613. The maximum Gasteiger partial charge on any atom is 0.258 e. The molecule has 2 N–H and O–H groups in total. The Morgan fingerprint density at radius 2 is 2.29 bits per heavy atom. The molecule has 0 bridgehead atoms. The van der Waals surface area contributed by atoms with Crippen LogP contribution in [0.3, 0.4) is 0 Å². The topological polar surface area (TPSA) is 82.0 Å². The minimum Gasteiger partial charge on any atom is -0.383 e. The molecule has 14 heavy (non-hydrogen) atoms. The van der Waals surface area contributed by atoms with E-state index in [4.69, 9.17) is 5.73 Å². The molecule has 68 valence electrons. The van der Waals surface area contributed by atoms with Crippen molar-refractivity contribution in [1.82, 2.24) is 24.6 Å². The van der Waals surface area contributed by atoms with Crippen molar-refractivity contribution in [2.75, 3.05) is 5.73 Å². The molecule has 0 radical (unpaired) electrons. The lowest BCUT2D eigenvalue weighted by Gasteiger charge is -2.01. The Balaban J connectivity index is 2.67. The van der Waals surface area contributed by atoms with Gasteiger partial charge in [0.2, 0.25) is 0 Å². The van der Waals surface area contributed by atoms with Gasteiger partial charge in [0.15, 0.2) is 5.65 Å². The molecule has 0 saturated heterocycles. The predicted molar refractivity (Wildman–Crippen MR) is 50.5 cm³/mol.